The summed E-state index contributed by atoms with van der Waals surface area (Å²) in [6.45, 7) is 5.47. The normalized spacial score (nSPS) is 21.9. The van der Waals surface area contributed by atoms with Crippen LogP contribution in [0.25, 0.3) is 0 Å². The second-order valence-corrected chi connectivity index (χ2v) is 7.42. The van der Waals surface area contributed by atoms with Crippen LogP contribution < -0.4 is 10.1 Å². The van der Waals surface area contributed by atoms with Crippen LogP contribution >= 0.6 is 0 Å². The number of hydrogen-bond donors (Lipinski definition) is 1. The molecular formula is C22H26N2O3. The van der Waals surface area contributed by atoms with E-state index in [0.29, 0.717) is 12.2 Å². The van der Waals surface area contributed by atoms with E-state index in [-0.39, 0.29) is 24.2 Å². The maximum Gasteiger partial charge on any atom is 0.258 e. The minimum atomic E-state index is -0.223. The van der Waals surface area contributed by atoms with Crippen molar-refractivity contribution in [2.45, 2.75) is 45.0 Å². The molecule has 0 radical (unpaired) electrons. The van der Waals surface area contributed by atoms with Gasteiger partial charge in [0.05, 0.1) is 11.7 Å². The molecule has 1 amide bonds. The minimum Gasteiger partial charge on any atom is -0.491 e. The lowest BCUT2D eigenvalue weighted by molar-refractivity contribution is 0.0615. The highest BCUT2D eigenvalue weighted by atomic mass is 16.5. The highest BCUT2D eigenvalue weighted by Gasteiger charge is 2.34. The van der Waals surface area contributed by atoms with Crippen LogP contribution in [0.15, 0.2) is 48.5 Å². The van der Waals surface area contributed by atoms with Gasteiger partial charge in [-0.1, -0.05) is 24.3 Å². The third-order valence-corrected chi connectivity index (χ3v) is 5.15. The first kappa shape index (κ1) is 17.9. The summed E-state index contributed by atoms with van der Waals surface area (Å²) < 4.78 is 11.6. The topological polar surface area (TPSA) is 50.8 Å². The molecular weight excluding hydrogens is 340 g/mol. The summed E-state index contributed by atoms with van der Waals surface area (Å²) in [5.41, 5.74) is 2.60. The second-order valence-electron chi connectivity index (χ2n) is 7.42. The van der Waals surface area contributed by atoms with E-state index in [0.717, 1.165) is 36.4 Å². The summed E-state index contributed by atoms with van der Waals surface area (Å²) in [7, 11) is 0. The summed E-state index contributed by atoms with van der Waals surface area (Å²) >= 11 is 0. The molecule has 2 aromatic rings. The molecule has 0 aromatic heterocycles. The van der Waals surface area contributed by atoms with Gasteiger partial charge in [-0.15, -0.1) is 0 Å². The first-order valence-electron chi connectivity index (χ1n) is 9.66. The molecule has 4 rings (SSSR count). The van der Waals surface area contributed by atoms with Crippen molar-refractivity contribution in [2.24, 2.45) is 0 Å². The predicted octanol–water partition coefficient (Wildman–Crippen LogP) is 4.22. The van der Waals surface area contributed by atoms with Crippen molar-refractivity contribution in [2.75, 3.05) is 18.5 Å². The summed E-state index contributed by atoms with van der Waals surface area (Å²) in [5.74, 6) is 0.856. The van der Waals surface area contributed by atoms with Crippen molar-refractivity contribution in [1.29, 1.82) is 0 Å². The Labute approximate surface area is 160 Å². The molecule has 142 valence electrons. The number of benzene rings is 2. The Balaban J connectivity index is 1.59. The number of carbonyl (C=O) groups is 1. The zero-order chi connectivity index (χ0) is 18.8. The zero-order valence-corrected chi connectivity index (χ0v) is 15.9. The number of amides is 1. The molecule has 27 heavy (non-hydrogen) atoms. The number of nitrogens with one attached hydrogen (secondary N) is 1. The third-order valence-electron chi connectivity index (χ3n) is 5.15. The Bertz CT molecular complexity index is 815. The Morgan fingerprint density at radius 2 is 2.07 bits per heavy atom. The van der Waals surface area contributed by atoms with Crippen LogP contribution in [0, 0.1) is 0 Å². The lowest BCUT2D eigenvalue weighted by Gasteiger charge is -2.40. The number of nitrogens with zero attached hydrogens (tertiary/aromatic N) is 1. The molecule has 2 aliphatic heterocycles. The molecule has 2 atom stereocenters. The standard InChI is InChI=1S/C22H26N2O3/c1-15(2)24-21(23-20-11-4-3-10-19(20)22(24)25)16-7-5-8-17(13-16)27-14-18-9-6-12-26-18/h3-5,7-8,10-11,13,15,18,21,23H,6,9,12,14H2,1-2H3. The molecule has 5 heteroatoms. The number of ether oxygens (including phenoxy) is 2. The van der Waals surface area contributed by atoms with Gasteiger partial charge in [0.1, 0.15) is 18.5 Å². The van der Waals surface area contributed by atoms with Gasteiger partial charge >= 0.3 is 0 Å². The third kappa shape index (κ3) is 3.65. The predicted molar refractivity (Wildman–Crippen MR) is 105 cm³/mol. The second kappa shape index (κ2) is 7.61. The highest BCUT2D eigenvalue weighted by molar-refractivity contribution is 6.01. The van der Waals surface area contributed by atoms with Crippen LogP contribution in [0.2, 0.25) is 0 Å². The van der Waals surface area contributed by atoms with Gasteiger partial charge in [-0.3, -0.25) is 4.79 Å². The number of rotatable bonds is 5. The minimum absolute atomic E-state index is 0.0510. The zero-order valence-electron chi connectivity index (χ0n) is 15.9. The molecule has 0 saturated carbocycles. The van der Waals surface area contributed by atoms with E-state index < -0.39 is 0 Å². The molecule has 0 spiro atoms. The smallest absolute Gasteiger partial charge is 0.258 e. The fourth-order valence-corrected chi connectivity index (χ4v) is 3.78. The monoisotopic (exact) mass is 366 g/mol. The van der Waals surface area contributed by atoms with E-state index in [2.05, 4.69) is 5.32 Å². The first-order valence-corrected chi connectivity index (χ1v) is 9.66. The van der Waals surface area contributed by atoms with Gasteiger partial charge in [0, 0.05) is 18.3 Å². The van der Waals surface area contributed by atoms with Crippen molar-refractivity contribution in [3.8, 4) is 5.75 Å². The van der Waals surface area contributed by atoms with Gasteiger partial charge in [0.2, 0.25) is 0 Å². The average Bonchev–Trinajstić information content (AvgIpc) is 3.20. The van der Waals surface area contributed by atoms with E-state index in [1.54, 1.807) is 0 Å². The molecule has 0 bridgehead atoms. The summed E-state index contributed by atoms with van der Waals surface area (Å²) in [5, 5.41) is 3.52. The molecule has 2 heterocycles. The number of fused-ring (bicyclic) bond motifs is 1. The number of hydrogen-bond acceptors (Lipinski definition) is 4. The molecule has 0 aliphatic carbocycles. The van der Waals surface area contributed by atoms with E-state index in [1.807, 2.05) is 67.3 Å². The maximum absolute atomic E-state index is 13.1. The molecule has 2 aromatic carbocycles. The Hall–Kier alpha value is -2.53. The Morgan fingerprint density at radius 1 is 1.22 bits per heavy atom. The van der Waals surface area contributed by atoms with Crippen molar-refractivity contribution >= 4 is 11.6 Å². The average molecular weight is 366 g/mol. The van der Waals surface area contributed by atoms with Crippen LogP contribution in [0.5, 0.6) is 5.75 Å². The van der Waals surface area contributed by atoms with Crippen LogP contribution in [-0.2, 0) is 4.74 Å². The Kier molecular flexibility index (Phi) is 5.03. The molecule has 1 saturated heterocycles. The van der Waals surface area contributed by atoms with Gasteiger partial charge in [0.15, 0.2) is 0 Å². The lowest BCUT2D eigenvalue weighted by atomic mass is 10.0. The van der Waals surface area contributed by atoms with E-state index in [4.69, 9.17) is 9.47 Å². The fourth-order valence-electron chi connectivity index (χ4n) is 3.78. The van der Waals surface area contributed by atoms with Gasteiger partial charge in [-0.05, 0) is 56.5 Å². The van der Waals surface area contributed by atoms with Crippen molar-refractivity contribution < 1.29 is 14.3 Å². The lowest BCUT2D eigenvalue weighted by Crippen LogP contribution is -2.46. The molecule has 2 unspecified atom stereocenters. The number of carbonyl (C=O) groups excluding carboxylic acids is 1. The molecule has 5 nitrogen and oxygen atoms in total. The van der Waals surface area contributed by atoms with Crippen LogP contribution in [-0.4, -0.2) is 36.2 Å². The van der Waals surface area contributed by atoms with Gasteiger partial charge in [0.25, 0.3) is 5.91 Å². The van der Waals surface area contributed by atoms with Crippen molar-refractivity contribution in [3.63, 3.8) is 0 Å². The first-order chi connectivity index (χ1) is 13.1. The van der Waals surface area contributed by atoms with Crippen LogP contribution in [0.4, 0.5) is 5.69 Å². The molecule has 2 aliphatic rings. The maximum atomic E-state index is 13.1. The fraction of sp³-hybridized carbons (Fsp3) is 0.409. The van der Waals surface area contributed by atoms with Gasteiger partial charge in [-0.2, -0.15) is 0 Å². The van der Waals surface area contributed by atoms with Crippen LogP contribution in [0.1, 0.15) is 48.8 Å². The number of anilines is 1. The van der Waals surface area contributed by atoms with E-state index in [9.17, 15) is 4.79 Å². The summed E-state index contributed by atoms with van der Waals surface area (Å²) in [6, 6.07) is 15.7. The Morgan fingerprint density at radius 3 is 2.85 bits per heavy atom. The SMILES string of the molecule is CC(C)N1C(=O)c2ccccc2NC1c1cccc(OCC2CCCO2)c1. The summed E-state index contributed by atoms with van der Waals surface area (Å²) in [4.78, 5) is 15.0. The van der Waals surface area contributed by atoms with Crippen molar-refractivity contribution in [1.82, 2.24) is 4.90 Å². The van der Waals surface area contributed by atoms with Gasteiger partial charge in [-0.25, -0.2) is 0 Å². The quantitative estimate of drug-likeness (QED) is 0.861. The van der Waals surface area contributed by atoms with Crippen molar-refractivity contribution in [3.05, 3.63) is 59.7 Å². The number of para-hydroxylation sites is 1. The highest BCUT2D eigenvalue weighted by Crippen LogP contribution is 2.35. The van der Waals surface area contributed by atoms with Gasteiger partial charge < -0.3 is 19.7 Å². The van der Waals surface area contributed by atoms with E-state index >= 15 is 0 Å². The summed E-state index contributed by atoms with van der Waals surface area (Å²) in [6.07, 6.45) is 2.11. The molecule has 1 N–H and O–H groups in total. The van der Waals surface area contributed by atoms with E-state index in [1.165, 1.54) is 0 Å². The van der Waals surface area contributed by atoms with Crippen LogP contribution in [0.3, 0.4) is 0 Å². The largest absolute Gasteiger partial charge is 0.491 e. The molecule has 1 fully saturated rings.